The van der Waals surface area contributed by atoms with E-state index in [9.17, 15) is 4.79 Å². The predicted octanol–water partition coefficient (Wildman–Crippen LogP) is 4.74. The highest BCUT2D eigenvalue weighted by atomic mass is 16.3. The monoisotopic (exact) mass is 379 g/mol. The van der Waals surface area contributed by atoms with Gasteiger partial charge in [0.15, 0.2) is 5.58 Å². The molecule has 1 aliphatic heterocycles. The lowest BCUT2D eigenvalue weighted by Gasteiger charge is -2.31. The quantitative estimate of drug-likeness (QED) is 0.480. The minimum atomic E-state index is -0.557. The number of pyridine rings is 1. The molecule has 0 spiro atoms. The lowest BCUT2D eigenvalue weighted by atomic mass is 9.97. The minimum absolute atomic E-state index is 0.436. The molecule has 0 saturated carbocycles. The van der Waals surface area contributed by atoms with Gasteiger partial charge in [-0.1, -0.05) is 36.4 Å². The molecule has 2 aromatic carbocycles. The molecule has 140 valence electrons. The fraction of sp³-hybridized carbons (Fsp3) is 0.0417. The largest absolute Gasteiger partial charge is 0.436 e. The molecule has 0 saturated heterocycles. The average Bonchev–Trinajstić information content (AvgIpc) is 3.23. The number of anilines is 1. The van der Waals surface area contributed by atoms with E-state index in [0.29, 0.717) is 17.0 Å². The van der Waals surface area contributed by atoms with Gasteiger partial charge in [-0.3, -0.25) is 4.98 Å². The zero-order valence-electron chi connectivity index (χ0n) is 15.5. The van der Waals surface area contributed by atoms with Crippen molar-refractivity contribution in [3.05, 3.63) is 103 Å². The molecule has 29 heavy (non-hydrogen) atoms. The fourth-order valence-corrected chi connectivity index (χ4v) is 3.50. The Morgan fingerprint density at radius 3 is 2.48 bits per heavy atom. The molecule has 1 unspecified atom stereocenters. The number of nitrogens with zero attached hydrogens (tertiary/aromatic N) is 3. The molecule has 5 rings (SSSR count). The van der Waals surface area contributed by atoms with Gasteiger partial charge in [-0.2, -0.15) is 0 Å². The molecule has 0 bridgehead atoms. The molecule has 0 aliphatic carbocycles. The van der Waals surface area contributed by atoms with Crippen molar-refractivity contribution < 1.29 is 9.21 Å². The molecule has 1 aliphatic rings. The predicted molar refractivity (Wildman–Crippen MR) is 113 cm³/mol. The van der Waals surface area contributed by atoms with Crippen LogP contribution in [0.1, 0.15) is 11.6 Å². The van der Waals surface area contributed by atoms with Crippen LogP contribution in [-0.4, -0.2) is 22.3 Å². The van der Waals surface area contributed by atoms with E-state index in [4.69, 9.17) is 4.42 Å². The van der Waals surface area contributed by atoms with Gasteiger partial charge in [0.25, 0.3) is 0 Å². The van der Waals surface area contributed by atoms with Crippen LogP contribution in [0.4, 0.5) is 5.69 Å². The Morgan fingerprint density at radius 2 is 1.72 bits per heavy atom. The topological polar surface area (TPSA) is 59.2 Å². The smallest absolute Gasteiger partial charge is 0.225 e. The highest BCUT2D eigenvalue weighted by Crippen LogP contribution is 2.35. The van der Waals surface area contributed by atoms with Crippen molar-refractivity contribution in [1.82, 2.24) is 9.97 Å². The Hall–Kier alpha value is -3.99. The maximum Gasteiger partial charge on any atom is 0.225 e. The van der Waals surface area contributed by atoms with Gasteiger partial charge in [0.05, 0.1) is 5.69 Å². The Labute approximate surface area is 167 Å². The highest BCUT2D eigenvalue weighted by Gasteiger charge is 2.30. The normalized spacial score (nSPS) is 16.4. The number of hydrogen-bond donors (Lipinski definition) is 0. The van der Waals surface area contributed by atoms with E-state index < -0.39 is 6.04 Å². The fourth-order valence-electron chi connectivity index (χ4n) is 3.50. The summed E-state index contributed by atoms with van der Waals surface area (Å²) in [6.07, 6.45) is 6.55. The molecule has 4 aromatic rings. The van der Waals surface area contributed by atoms with E-state index in [1.807, 2.05) is 90.0 Å². The molecular formula is C24H17N3O2. The SMILES string of the molecule is O=CC1C(c2nc3ccccc3o2)=CC(c2ccccn2)=CN1c1ccccc1. The molecule has 1 atom stereocenters. The summed E-state index contributed by atoms with van der Waals surface area (Å²) in [5, 5.41) is 0. The lowest BCUT2D eigenvalue weighted by Crippen LogP contribution is -2.35. The second-order valence-electron chi connectivity index (χ2n) is 6.71. The maximum absolute atomic E-state index is 12.2. The van der Waals surface area contributed by atoms with Gasteiger partial charge in [0.1, 0.15) is 17.8 Å². The van der Waals surface area contributed by atoms with Crippen molar-refractivity contribution in [2.45, 2.75) is 6.04 Å². The molecule has 5 heteroatoms. The molecule has 0 radical (unpaired) electrons. The number of oxazole rings is 1. The van der Waals surface area contributed by atoms with Crippen molar-refractivity contribution in [1.29, 1.82) is 0 Å². The number of aldehydes is 1. The third kappa shape index (κ3) is 3.12. The van der Waals surface area contributed by atoms with E-state index >= 15 is 0 Å². The Balaban J connectivity index is 1.69. The van der Waals surface area contributed by atoms with Gasteiger partial charge in [-0.25, -0.2) is 4.98 Å². The Morgan fingerprint density at radius 1 is 0.931 bits per heavy atom. The van der Waals surface area contributed by atoms with E-state index in [2.05, 4.69) is 9.97 Å². The van der Waals surface area contributed by atoms with Crippen molar-refractivity contribution >= 4 is 34.2 Å². The van der Waals surface area contributed by atoms with Crippen LogP contribution in [0.5, 0.6) is 0 Å². The van der Waals surface area contributed by atoms with Crippen molar-refractivity contribution in [3.63, 3.8) is 0 Å². The van der Waals surface area contributed by atoms with E-state index in [1.165, 1.54) is 0 Å². The number of aromatic nitrogens is 2. The van der Waals surface area contributed by atoms with E-state index in [-0.39, 0.29) is 0 Å². The number of carbonyl (C=O) groups excluding carboxylic acids is 1. The molecule has 5 nitrogen and oxygen atoms in total. The third-order valence-corrected chi connectivity index (χ3v) is 4.89. The molecule has 2 aromatic heterocycles. The molecule has 0 fully saturated rings. The van der Waals surface area contributed by atoms with Gasteiger partial charge in [0.2, 0.25) is 5.89 Å². The summed E-state index contributed by atoms with van der Waals surface area (Å²) in [7, 11) is 0. The number of para-hydroxylation sites is 3. The number of hydrogen-bond acceptors (Lipinski definition) is 5. The highest BCUT2D eigenvalue weighted by molar-refractivity contribution is 5.97. The number of fused-ring (bicyclic) bond motifs is 1. The zero-order valence-corrected chi connectivity index (χ0v) is 15.5. The zero-order chi connectivity index (χ0) is 19.6. The van der Waals surface area contributed by atoms with Crippen molar-refractivity contribution in [3.8, 4) is 0 Å². The summed E-state index contributed by atoms with van der Waals surface area (Å²) >= 11 is 0. The van der Waals surface area contributed by atoms with E-state index in [0.717, 1.165) is 28.8 Å². The number of benzene rings is 2. The summed E-state index contributed by atoms with van der Waals surface area (Å²) in [5.41, 5.74) is 4.74. The first kappa shape index (κ1) is 17.1. The van der Waals surface area contributed by atoms with Gasteiger partial charge in [0, 0.05) is 29.2 Å². The van der Waals surface area contributed by atoms with Crippen LogP contribution >= 0.6 is 0 Å². The second-order valence-corrected chi connectivity index (χ2v) is 6.71. The van der Waals surface area contributed by atoms with Crippen molar-refractivity contribution in [2.24, 2.45) is 0 Å². The lowest BCUT2D eigenvalue weighted by molar-refractivity contribution is -0.107. The van der Waals surface area contributed by atoms with Crippen LogP contribution in [0.25, 0.3) is 22.2 Å². The van der Waals surface area contributed by atoms with Gasteiger partial charge >= 0.3 is 0 Å². The standard InChI is InChI=1S/C24H17N3O2/c28-16-22-19(24-26-21-11-4-5-12-23(21)29-24)14-17(20-10-6-7-13-25-20)15-27(22)18-8-2-1-3-9-18/h1-16,22H. The summed E-state index contributed by atoms with van der Waals surface area (Å²) in [5.74, 6) is 0.436. The van der Waals surface area contributed by atoms with Gasteiger partial charge < -0.3 is 14.1 Å². The summed E-state index contributed by atoms with van der Waals surface area (Å²) < 4.78 is 6.00. The number of allylic oxidation sites excluding steroid dienone is 2. The Bertz CT molecular complexity index is 1190. The van der Waals surface area contributed by atoms with Crippen LogP contribution in [-0.2, 0) is 4.79 Å². The van der Waals surface area contributed by atoms with Crippen LogP contribution in [0, 0.1) is 0 Å². The van der Waals surface area contributed by atoms with Crippen molar-refractivity contribution in [2.75, 3.05) is 4.90 Å². The van der Waals surface area contributed by atoms with Crippen LogP contribution in [0.2, 0.25) is 0 Å². The number of rotatable bonds is 4. The Kier molecular flexibility index (Phi) is 4.26. The van der Waals surface area contributed by atoms with Crippen LogP contribution in [0.3, 0.4) is 0 Å². The summed E-state index contributed by atoms with van der Waals surface area (Å²) in [6, 6.07) is 22.6. The summed E-state index contributed by atoms with van der Waals surface area (Å²) in [4.78, 5) is 23.2. The maximum atomic E-state index is 12.2. The van der Waals surface area contributed by atoms with Gasteiger partial charge in [-0.15, -0.1) is 0 Å². The van der Waals surface area contributed by atoms with Gasteiger partial charge in [-0.05, 0) is 42.5 Å². The number of carbonyl (C=O) groups is 1. The third-order valence-electron chi connectivity index (χ3n) is 4.89. The first-order valence-electron chi connectivity index (χ1n) is 9.33. The van der Waals surface area contributed by atoms with E-state index in [1.54, 1.807) is 6.20 Å². The second kappa shape index (κ2) is 7.20. The first-order chi connectivity index (χ1) is 14.3. The molecular weight excluding hydrogens is 362 g/mol. The van der Waals surface area contributed by atoms with Crippen LogP contribution in [0.15, 0.2) is 95.7 Å². The van der Waals surface area contributed by atoms with Crippen LogP contribution < -0.4 is 4.90 Å². The molecule has 3 heterocycles. The first-order valence-corrected chi connectivity index (χ1v) is 9.33. The molecule has 0 N–H and O–H groups in total. The molecule has 0 amide bonds. The summed E-state index contributed by atoms with van der Waals surface area (Å²) in [6.45, 7) is 0. The average molecular weight is 379 g/mol. The minimum Gasteiger partial charge on any atom is -0.436 e.